The number of benzene rings is 3. The van der Waals surface area contributed by atoms with Gasteiger partial charge in [0.15, 0.2) is 5.78 Å². The number of hydrogen-bond acceptors (Lipinski definition) is 5. The monoisotopic (exact) mass is 474 g/mol. The fourth-order valence-corrected chi connectivity index (χ4v) is 7.67. The van der Waals surface area contributed by atoms with Crippen LogP contribution in [-0.2, 0) is 21.0 Å². The van der Waals surface area contributed by atoms with Crippen molar-refractivity contribution in [3.63, 3.8) is 0 Å². The molecule has 0 saturated carbocycles. The molecule has 1 unspecified atom stereocenters. The third kappa shape index (κ3) is 5.81. The summed E-state index contributed by atoms with van der Waals surface area (Å²) in [4.78, 5) is 11.8. The molecule has 0 amide bonds. The van der Waals surface area contributed by atoms with Gasteiger partial charge in [-0.3, -0.25) is 0 Å². The normalized spacial score (nSPS) is 15.6. The first-order valence-corrected chi connectivity index (χ1v) is 13.7. The van der Waals surface area contributed by atoms with Crippen molar-refractivity contribution in [2.45, 2.75) is 36.8 Å². The fourth-order valence-electron chi connectivity index (χ4n) is 3.43. The van der Waals surface area contributed by atoms with Crippen molar-refractivity contribution in [3.8, 4) is 0 Å². The highest BCUT2D eigenvalue weighted by Crippen LogP contribution is 2.69. The van der Waals surface area contributed by atoms with Crippen molar-refractivity contribution in [1.29, 1.82) is 0 Å². The second kappa shape index (κ2) is 10.7. The summed E-state index contributed by atoms with van der Waals surface area (Å²) in [6.07, 6.45) is 0.153. The van der Waals surface area contributed by atoms with Crippen molar-refractivity contribution in [1.82, 2.24) is 4.72 Å². The van der Waals surface area contributed by atoms with Gasteiger partial charge in [0.1, 0.15) is 0 Å². The van der Waals surface area contributed by atoms with Crippen molar-refractivity contribution in [2.24, 2.45) is 0 Å². The van der Waals surface area contributed by atoms with Crippen LogP contribution in [0.25, 0.3) is 0 Å². The van der Waals surface area contributed by atoms with Crippen molar-refractivity contribution >= 4 is 17.7 Å². The minimum Gasteiger partial charge on any atom is -0.351 e. The summed E-state index contributed by atoms with van der Waals surface area (Å²) >= 11 is 0. The average molecular weight is 475 g/mol. The highest BCUT2D eigenvalue weighted by molar-refractivity contribution is 7.90. The predicted molar refractivity (Wildman–Crippen MR) is 128 cm³/mol. The Morgan fingerprint density at radius 3 is 2.06 bits per heavy atom. The predicted octanol–water partition coefficient (Wildman–Crippen LogP) is 4.41. The van der Waals surface area contributed by atoms with Crippen LogP contribution in [0.1, 0.15) is 29.5 Å². The maximum absolute atomic E-state index is 13.2. The van der Waals surface area contributed by atoms with E-state index >= 15 is 0 Å². The third-order valence-electron chi connectivity index (χ3n) is 5.12. The standard InChI is InChI=1S/C24H29NO5PS/c1-3-30-31(27,24(26)21-12-8-5-9-13-21)23(18-20-10-6-4-7-11-20)25-32(28,29)22-16-14-19(2)15-17-22/h4-17,23-27H,3,18H2,1-2H3/q+1/t23-,24-,31?/m1/s1. The molecule has 0 radical (unpaired) electrons. The minimum atomic E-state index is -3.99. The summed E-state index contributed by atoms with van der Waals surface area (Å²) in [7, 11) is -7.71. The van der Waals surface area contributed by atoms with E-state index in [1.165, 1.54) is 12.1 Å². The van der Waals surface area contributed by atoms with Gasteiger partial charge in [-0.15, -0.1) is 0 Å². The first-order chi connectivity index (χ1) is 15.3. The molecule has 32 heavy (non-hydrogen) atoms. The molecular formula is C24H29NO5PS+. The van der Waals surface area contributed by atoms with E-state index in [1.54, 1.807) is 49.4 Å². The largest absolute Gasteiger partial charge is 0.351 e. The minimum absolute atomic E-state index is 0.0819. The Kier molecular flexibility index (Phi) is 8.17. The lowest BCUT2D eigenvalue weighted by molar-refractivity contribution is 0.189. The van der Waals surface area contributed by atoms with Gasteiger partial charge in [0.05, 0.1) is 11.5 Å². The Hall–Kier alpha value is -2.12. The zero-order valence-corrected chi connectivity index (χ0v) is 19.8. The van der Waals surface area contributed by atoms with E-state index in [2.05, 4.69) is 4.72 Å². The van der Waals surface area contributed by atoms with Crippen LogP contribution in [-0.4, -0.2) is 30.8 Å². The highest BCUT2D eigenvalue weighted by Gasteiger charge is 2.56. The van der Waals surface area contributed by atoms with Crippen LogP contribution in [0.3, 0.4) is 0 Å². The maximum atomic E-state index is 13.2. The molecule has 0 saturated heterocycles. The van der Waals surface area contributed by atoms with Gasteiger partial charge < -0.3 is 5.11 Å². The number of nitrogens with one attached hydrogen (secondary N) is 1. The van der Waals surface area contributed by atoms with Crippen molar-refractivity contribution < 1.29 is 22.9 Å². The van der Waals surface area contributed by atoms with Gasteiger partial charge >= 0.3 is 7.72 Å². The van der Waals surface area contributed by atoms with Gasteiger partial charge in [0.25, 0.3) is 0 Å². The number of aliphatic hydroxyl groups is 1. The molecule has 0 heterocycles. The summed E-state index contributed by atoms with van der Waals surface area (Å²) in [5.74, 6) is -2.44. The smallest absolute Gasteiger partial charge is 0.323 e. The molecule has 0 aliphatic rings. The molecule has 0 fully saturated rings. The number of sulfonamides is 1. The van der Waals surface area contributed by atoms with Crippen LogP contribution in [0.2, 0.25) is 0 Å². The summed E-state index contributed by atoms with van der Waals surface area (Å²) in [5, 5.41) is 11.2. The number of aliphatic hydroxyl groups excluding tert-OH is 1. The van der Waals surface area contributed by atoms with Gasteiger partial charge in [-0.05, 0) is 31.5 Å². The van der Waals surface area contributed by atoms with E-state index in [9.17, 15) is 18.4 Å². The second-order valence-electron chi connectivity index (χ2n) is 7.51. The molecule has 3 rings (SSSR count). The molecule has 170 valence electrons. The van der Waals surface area contributed by atoms with Crippen molar-refractivity contribution in [2.75, 3.05) is 6.61 Å². The molecule has 0 aliphatic heterocycles. The fraction of sp³-hybridized carbons (Fsp3) is 0.250. The summed E-state index contributed by atoms with van der Waals surface area (Å²) in [5.41, 5.74) is 2.20. The van der Waals surface area contributed by atoms with Crippen LogP contribution in [0.5, 0.6) is 0 Å². The van der Waals surface area contributed by atoms with E-state index in [4.69, 9.17) is 4.52 Å². The molecule has 3 N–H and O–H groups in total. The van der Waals surface area contributed by atoms with Gasteiger partial charge in [0.2, 0.25) is 15.9 Å². The van der Waals surface area contributed by atoms with Crippen LogP contribution < -0.4 is 4.72 Å². The summed E-state index contributed by atoms with van der Waals surface area (Å²) < 4.78 is 34.8. The Labute approximate surface area is 190 Å². The van der Waals surface area contributed by atoms with E-state index in [0.29, 0.717) is 5.56 Å². The second-order valence-corrected chi connectivity index (χ2v) is 11.9. The quantitative estimate of drug-likeness (QED) is 0.378. The van der Waals surface area contributed by atoms with Crippen LogP contribution >= 0.6 is 7.72 Å². The first-order valence-electron chi connectivity index (χ1n) is 10.4. The maximum Gasteiger partial charge on any atom is 0.323 e. The van der Waals surface area contributed by atoms with E-state index in [1.807, 2.05) is 37.3 Å². The lowest BCUT2D eigenvalue weighted by Gasteiger charge is -2.31. The molecule has 0 spiro atoms. The van der Waals surface area contributed by atoms with E-state index in [0.717, 1.165) is 11.1 Å². The zero-order chi connectivity index (χ0) is 23.2. The van der Waals surface area contributed by atoms with Gasteiger partial charge in [-0.25, -0.2) is 17.8 Å². The van der Waals surface area contributed by atoms with Crippen molar-refractivity contribution in [3.05, 3.63) is 102 Å². The molecule has 0 bridgehead atoms. The van der Waals surface area contributed by atoms with E-state index in [-0.39, 0.29) is 17.9 Å². The van der Waals surface area contributed by atoms with E-state index < -0.39 is 29.4 Å². The SMILES string of the molecule is CCO[P+](O)([C@H](Cc1ccccc1)NS(=O)(=O)c1ccc(C)cc1)[C@@H](O)c1ccccc1. The van der Waals surface area contributed by atoms with Gasteiger partial charge in [0, 0.05) is 12.0 Å². The Morgan fingerprint density at radius 1 is 0.938 bits per heavy atom. The molecule has 0 aliphatic carbocycles. The van der Waals surface area contributed by atoms with Crippen LogP contribution in [0, 0.1) is 6.92 Å². The van der Waals surface area contributed by atoms with Crippen LogP contribution in [0.15, 0.2) is 89.8 Å². The molecular weight excluding hydrogens is 445 g/mol. The average Bonchev–Trinajstić information content (AvgIpc) is 2.79. The lowest BCUT2D eigenvalue weighted by atomic mass is 10.1. The van der Waals surface area contributed by atoms with Gasteiger partial charge in [-0.1, -0.05) is 78.4 Å². The molecule has 8 heteroatoms. The summed E-state index contributed by atoms with van der Waals surface area (Å²) in [6, 6.07) is 24.4. The lowest BCUT2D eigenvalue weighted by Crippen LogP contribution is -2.40. The molecule has 3 aromatic carbocycles. The Bertz CT molecular complexity index is 1090. The van der Waals surface area contributed by atoms with Gasteiger partial charge in [-0.2, -0.15) is 4.72 Å². The Balaban J connectivity index is 2.03. The number of aryl methyl sites for hydroxylation is 1. The Morgan fingerprint density at radius 2 is 1.50 bits per heavy atom. The summed E-state index contributed by atoms with van der Waals surface area (Å²) in [6.45, 7) is 3.69. The molecule has 3 aromatic rings. The first kappa shape index (κ1) is 24.5. The molecule has 3 atom stereocenters. The third-order valence-corrected chi connectivity index (χ3v) is 9.66. The van der Waals surface area contributed by atoms with Crippen LogP contribution in [0.4, 0.5) is 0 Å². The topological polar surface area (TPSA) is 95.9 Å². The number of hydrogen-bond donors (Lipinski definition) is 3. The number of rotatable bonds is 10. The zero-order valence-electron chi connectivity index (χ0n) is 18.1. The molecule has 0 aromatic heterocycles. The highest BCUT2D eigenvalue weighted by atomic mass is 32.2. The molecule has 6 nitrogen and oxygen atoms in total.